The van der Waals surface area contributed by atoms with Gasteiger partial charge in [-0.2, -0.15) is 5.26 Å². The van der Waals surface area contributed by atoms with Crippen molar-refractivity contribution >= 4 is 62.6 Å². The van der Waals surface area contributed by atoms with Gasteiger partial charge in [0.25, 0.3) is 5.91 Å². The van der Waals surface area contributed by atoms with Crippen molar-refractivity contribution in [1.29, 1.82) is 5.26 Å². The average Bonchev–Trinajstić information content (AvgIpc) is 2.87. The lowest BCUT2D eigenvalue weighted by molar-refractivity contribution is -0.115. The molecule has 3 N–H and O–H groups in total. The lowest BCUT2D eigenvalue weighted by Gasteiger charge is -2.13. The summed E-state index contributed by atoms with van der Waals surface area (Å²) in [4.78, 5) is 28.9. The van der Waals surface area contributed by atoms with Gasteiger partial charge in [0.2, 0.25) is 5.91 Å². The Morgan fingerprint density at radius 1 is 1.16 bits per heavy atom. The smallest absolute Gasteiger partial charge is 0.258 e. The molecule has 0 heterocycles. The first-order chi connectivity index (χ1) is 17.6. The number of guanidine groups is 1. The maximum absolute atomic E-state index is 15.3. The number of carbonyl (C=O) groups is 2. The van der Waals surface area contributed by atoms with Crippen LogP contribution in [0.25, 0.3) is 0 Å². The molecule has 0 aliphatic rings. The Balaban J connectivity index is 1.75. The molecule has 3 aromatic rings. The lowest BCUT2D eigenvalue weighted by Crippen LogP contribution is -2.38. The van der Waals surface area contributed by atoms with Gasteiger partial charge in [0.05, 0.1) is 33.2 Å². The molecule has 12 heteroatoms. The first-order valence-corrected chi connectivity index (χ1v) is 12.1. The fraction of sp³-hybridized carbons (Fsp3) is 0.120. The molecule has 0 saturated heterocycles. The van der Waals surface area contributed by atoms with E-state index in [0.29, 0.717) is 4.47 Å². The summed E-state index contributed by atoms with van der Waals surface area (Å²) in [7, 11) is 3.13. The second kappa shape index (κ2) is 12.5. The van der Waals surface area contributed by atoms with Crippen LogP contribution < -0.4 is 20.7 Å². The molecule has 0 radical (unpaired) electrons. The number of anilines is 1. The predicted octanol–water partition coefficient (Wildman–Crippen LogP) is 5.68. The minimum atomic E-state index is -0.765. The second-order valence-corrected chi connectivity index (χ2v) is 9.13. The summed E-state index contributed by atoms with van der Waals surface area (Å²) < 4.78 is 21.2. The van der Waals surface area contributed by atoms with E-state index in [1.165, 1.54) is 55.6 Å². The summed E-state index contributed by atoms with van der Waals surface area (Å²) in [6.07, 6.45) is -0.328. The Labute approximate surface area is 230 Å². The van der Waals surface area contributed by atoms with Crippen molar-refractivity contribution < 1.29 is 18.7 Å². The van der Waals surface area contributed by atoms with Crippen LogP contribution in [0, 0.1) is 17.1 Å². The number of hydrogen-bond donors (Lipinski definition) is 3. The van der Waals surface area contributed by atoms with Crippen LogP contribution in [0.3, 0.4) is 0 Å². The van der Waals surface area contributed by atoms with Gasteiger partial charge in [-0.25, -0.2) is 4.39 Å². The molecular formula is C25H19BrCl2FN5O3. The van der Waals surface area contributed by atoms with Crippen molar-refractivity contribution in [1.82, 2.24) is 10.6 Å². The number of nitrogens with zero attached hydrogens (tertiary/aromatic N) is 2. The van der Waals surface area contributed by atoms with E-state index >= 15 is 4.39 Å². The standard InChI is InChI=1S/C25H19BrCl2FN5O3/c1-31-25(32-2)34-24(36)15-4-6-20(19(28)9-15)33-21(35)10-14-3-5-18(26)23(22(14)29)37-17-8-13(12-30)7-16(27)11-17/h3-9,11H,10H2,1-2H3,(H,33,35)(H2,31,32,34,36). The highest BCUT2D eigenvalue weighted by atomic mass is 79.9. The number of carbonyl (C=O) groups excluding carboxylic acids is 2. The van der Waals surface area contributed by atoms with E-state index in [1.807, 2.05) is 6.07 Å². The summed E-state index contributed by atoms with van der Waals surface area (Å²) in [6, 6.07) is 13.6. The van der Waals surface area contributed by atoms with Crippen molar-refractivity contribution in [3.63, 3.8) is 0 Å². The molecule has 0 fully saturated rings. The molecule has 0 aliphatic heterocycles. The summed E-state index contributed by atoms with van der Waals surface area (Å²) in [5.41, 5.74) is 0.804. The van der Waals surface area contributed by atoms with Gasteiger partial charge in [-0.15, -0.1) is 0 Å². The molecule has 0 bridgehead atoms. The number of amides is 2. The fourth-order valence-electron chi connectivity index (χ4n) is 3.14. The van der Waals surface area contributed by atoms with Crippen LogP contribution in [0.15, 0.2) is 58.0 Å². The van der Waals surface area contributed by atoms with Gasteiger partial charge in [-0.3, -0.25) is 19.9 Å². The van der Waals surface area contributed by atoms with E-state index in [-0.39, 0.29) is 56.3 Å². The van der Waals surface area contributed by atoms with Gasteiger partial charge >= 0.3 is 0 Å². The zero-order chi connectivity index (χ0) is 27.1. The number of ether oxygens (including phenoxy) is 1. The average molecular weight is 607 g/mol. The third-order valence-electron chi connectivity index (χ3n) is 4.90. The third-order valence-corrected chi connectivity index (χ3v) is 6.05. The number of rotatable bonds is 6. The van der Waals surface area contributed by atoms with E-state index < -0.39 is 17.6 Å². The maximum atomic E-state index is 15.3. The van der Waals surface area contributed by atoms with Crippen LogP contribution in [0.5, 0.6) is 11.5 Å². The quantitative estimate of drug-likeness (QED) is 0.247. The van der Waals surface area contributed by atoms with Gasteiger partial charge in [0.15, 0.2) is 17.5 Å². The van der Waals surface area contributed by atoms with Gasteiger partial charge in [-0.1, -0.05) is 29.3 Å². The van der Waals surface area contributed by atoms with E-state index in [4.69, 9.17) is 33.2 Å². The summed E-state index contributed by atoms with van der Waals surface area (Å²) in [6.45, 7) is 0. The van der Waals surface area contributed by atoms with Crippen LogP contribution in [0.4, 0.5) is 10.1 Å². The first kappa shape index (κ1) is 27.9. The first-order valence-electron chi connectivity index (χ1n) is 10.6. The van der Waals surface area contributed by atoms with Crippen molar-refractivity contribution in [3.05, 3.63) is 85.6 Å². The summed E-state index contributed by atoms with van der Waals surface area (Å²) in [5, 5.41) is 17.4. The Morgan fingerprint density at radius 2 is 1.92 bits per heavy atom. The number of aliphatic imine (C=N–C) groups is 1. The third kappa shape index (κ3) is 7.20. The molecule has 8 nitrogen and oxygen atoms in total. The van der Waals surface area contributed by atoms with Crippen molar-refractivity contribution in [2.75, 3.05) is 19.4 Å². The van der Waals surface area contributed by atoms with E-state index in [0.717, 1.165) is 0 Å². The minimum Gasteiger partial charge on any atom is -0.453 e. The van der Waals surface area contributed by atoms with Crippen molar-refractivity contribution in [2.45, 2.75) is 6.42 Å². The Kier molecular flexibility index (Phi) is 9.47. The molecule has 0 saturated carbocycles. The number of halogens is 4. The van der Waals surface area contributed by atoms with Crippen LogP contribution in [-0.2, 0) is 11.2 Å². The topological polar surface area (TPSA) is 116 Å². The zero-order valence-electron chi connectivity index (χ0n) is 19.5. The normalized spacial score (nSPS) is 10.9. The highest BCUT2D eigenvalue weighted by molar-refractivity contribution is 9.10. The molecule has 0 spiro atoms. The monoisotopic (exact) mass is 605 g/mol. The summed E-state index contributed by atoms with van der Waals surface area (Å²) >= 11 is 15.5. The molecule has 0 atom stereocenters. The molecule has 3 aromatic carbocycles. The molecule has 0 unspecified atom stereocenters. The molecule has 3 rings (SSSR count). The van der Waals surface area contributed by atoms with Gasteiger partial charge in [0.1, 0.15) is 5.75 Å². The molecule has 2 amide bonds. The highest BCUT2D eigenvalue weighted by Gasteiger charge is 2.18. The van der Waals surface area contributed by atoms with Crippen LogP contribution in [0.2, 0.25) is 10.0 Å². The van der Waals surface area contributed by atoms with E-state index in [1.54, 1.807) is 7.05 Å². The molecule has 0 aliphatic carbocycles. The van der Waals surface area contributed by atoms with Crippen LogP contribution in [-0.4, -0.2) is 31.9 Å². The number of nitrogens with one attached hydrogen (secondary N) is 3. The summed E-state index contributed by atoms with van der Waals surface area (Å²) in [5.74, 6) is -1.48. The minimum absolute atomic E-state index is 0.0591. The SMILES string of the molecule is CN=C(NC)NC(=O)c1ccc(NC(=O)Cc2ccc(Br)c(Oc3cc(Cl)cc(C#N)c3)c2F)c(Cl)c1. The van der Waals surface area contributed by atoms with Crippen LogP contribution in [0.1, 0.15) is 21.5 Å². The Morgan fingerprint density at radius 3 is 2.57 bits per heavy atom. The number of hydrogen-bond acceptors (Lipinski definition) is 5. The number of nitriles is 1. The van der Waals surface area contributed by atoms with Crippen LogP contribution >= 0.6 is 39.1 Å². The largest absolute Gasteiger partial charge is 0.453 e. The van der Waals surface area contributed by atoms with Gasteiger partial charge in [0, 0.05) is 30.2 Å². The molecule has 37 heavy (non-hydrogen) atoms. The number of benzene rings is 3. The van der Waals surface area contributed by atoms with Crippen molar-refractivity contribution in [3.8, 4) is 17.6 Å². The fourth-order valence-corrected chi connectivity index (χ4v) is 3.98. The Bertz CT molecular complexity index is 1440. The van der Waals surface area contributed by atoms with E-state index in [2.05, 4.69) is 36.9 Å². The maximum Gasteiger partial charge on any atom is 0.258 e. The predicted molar refractivity (Wildman–Crippen MR) is 144 cm³/mol. The zero-order valence-corrected chi connectivity index (χ0v) is 22.6. The Hall–Kier alpha value is -3.65. The van der Waals surface area contributed by atoms with Gasteiger partial charge < -0.3 is 15.4 Å². The molecule has 0 aromatic heterocycles. The molecular weight excluding hydrogens is 588 g/mol. The van der Waals surface area contributed by atoms with Gasteiger partial charge in [-0.05, 0) is 58.4 Å². The highest BCUT2D eigenvalue weighted by Crippen LogP contribution is 2.35. The second-order valence-electron chi connectivity index (χ2n) is 7.44. The molecule has 190 valence electrons. The van der Waals surface area contributed by atoms with E-state index in [9.17, 15) is 9.59 Å². The lowest BCUT2D eigenvalue weighted by atomic mass is 10.1. The van der Waals surface area contributed by atoms with Crippen molar-refractivity contribution in [2.24, 2.45) is 4.99 Å².